The fourth-order valence-electron chi connectivity index (χ4n) is 6.52. The summed E-state index contributed by atoms with van der Waals surface area (Å²) in [6.45, 7) is 7.99. The molecule has 0 saturated heterocycles. The summed E-state index contributed by atoms with van der Waals surface area (Å²) >= 11 is 0. The molecule has 16 nitrogen and oxygen atoms in total. The highest BCUT2D eigenvalue weighted by Crippen LogP contribution is 2.35. The first-order valence-electron chi connectivity index (χ1n) is 19.4. The lowest BCUT2D eigenvalue weighted by atomic mass is 9.91. The van der Waals surface area contributed by atoms with Gasteiger partial charge in [0.2, 0.25) is 17.8 Å². The van der Waals surface area contributed by atoms with Gasteiger partial charge in [0.25, 0.3) is 0 Å². The van der Waals surface area contributed by atoms with Crippen LogP contribution < -0.4 is 30.9 Å². The number of anilines is 7. The van der Waals surface area contributed by atoms with Crippen LogP contribution in [0.2, 0.25) is 0 Å². The lowest BCUT2D eigenvalue weighted by Crippen LogP contribution is -2.49. The first-order chi connectivity index (χ1) is 28.9. The van der Waals surface area contributed by atoms with Crippen LogP contribution in [-0.2, 0) is 24.7 Å². The minimum atomic E-state index is -1.01. The van der Waals surface area contributed by atoms with Crippen LogP contribution in [0.5, 0.6) is 5.75 Å². The second-order valence-electron chi connectivity index (χ2n) is 14.5. The van der Waals surface area contributed by atoms with Gasteiger partial charge in [0.1, 0.15) is 18.0 Å². The predicted molar refractivity (Wildman–Crippen MR) is 227 cm³/mol. The standard InChI is InChI=1S/C22H22FN5O3.C21H27N5O3/c1-3-20(29)25-16-5-4-6-17(13-16)26-21-19(23)14-24-22(28-21)27-15-7-9-18(10-8-15)31-12-11-30-2;1-21(2,28)17-9-4-13(10-22-17)16-11-23-19-20(25-16)26(18(27)12-24-19)14-5-7-15(29-3)8-6-14/h3-10,13-14H,1,11-12H2,2H3,(H,25,29)(H2,24,26,27,28);4,9-11,14-15,28H,5-8,12H2,1-3H3,(H,23,24). The molecule has 3 aromatic heterocycles. The molecule has 17 heteroatoms. The number of carbonyl (C=O) groups excluding carboxylic acids is 2. The molecule has 2 aliphatic rings. The number of hydrogen-bond acceptors (Lipinski definition) is 14. The Labute approximate surface area is 347 Å². The second kappa shape index (κ2) is 19.9. The van der Waals surface area contributed by atoms with Crippen molar-refractivity contribution in [3.63, 3.8) is 0 Å². The number of nitrogens with zero attached hydrogens (tertiary/aromatic N) is 6. The summed E-state index contributed by atoms with van der Waals surface area (Å²) in [4.78, 5) is 47.8. The van der Waals surface area contributed by atoms with Gasteiger partial charge in [0.15, 0.2) is 23.3 Å². The number of pyridine rings is 1. The summed E-state index contributed by atoms with van der Waals surface area (Å²) < 4.78 is 30.2. The number of carbonyl (C=O) groups is 2. The number of nitrogens with one attached hydrogen (secondary N) is 4. The third kappa shape index (κ3) is 11.3. The zero-order chi connectivity index (χ0) is 42.6. The number of rotatable bonds is 14. The monoisotopic (exact) mass is 820 g/mol. The Hall–Kier alpha value is -6.56. The first-order valence-corrected chi connectivity index (χ1v) is 19.4. The third-order valence-corrected chi connectivity index (χ3v) is 9.68. The van der Waals surface area contributed by atoms with E-state index in [1.807, 2.05) is 11.0 Å². The second-order valence-corrected chi connectivity index (χ2v) is 14.5. The Bertz CT molecular complexity index is 2250. The maximum absolute atomic E-state index is 14.2. The van der Waals surface area contributed by atoms with E-state index in [2.05, 4.69) is 47.8 Å². The lowest BCUT2D eigenvalue weighted by molar-refractivity contribution is -0.118. The third-order valence-electron chi connectivity index (χ3n) is 9.68. The van der Waals surface area contributed by atoms with Crippen LogP contribution in [0.4, 0.5) is 44.9 Å². The molecule has 1 aliphatic carbocycles. The summed E-state index contributed by atoms with van der Waals surface area (Å²) in [7, 11) is 3.35. The molecule has 4 heterocycles. The van der Waals surface area contributed by atoms with Gasteiger partial charge in [-0.2, -0.15) is 4.98 Å². The maximum atomic E-state index is 14.2. The summed E-state index contributed by atoms with van der Waals surface area (Å²) in [5, 5.41) is 21.7. The fraction of sp³-hybridized carbons (Fsp3) is 0.326. The summed E-state index contributed by atoms with van der Waals surface area (Å²) in [6.07, 6.45) is 9.50. The minimum Gasteiger partial charge on any atom is -0.491 e. The SMILES string of the molecule is C=CC(=O)Nc1cccc(Nc2nc(Nc3ccc(OCCOC)cc3)ncc2F)c1.COC1CCC(N2C(=O)CNc3ncc(-c4ccc(C(C)(C)O)nc4)nc32)CC1. The van der Waals surface area contributed by atoms with E-state index in [0.29, 0.717) is 59.0 Å². The van der Waals surface area contributed by atoms with Gasteiger partial charge in [-0.05, 0) is 100 Å². The normalized spacial score (nSPS) is 16.0. The van der Waals surface area contributed by atoms with Crippen molar-refractivity contribution in [2.75, 3.05) is 60.1 Å². The number of aromatic nitrogens is 5. The van der Waals surface area contributed by atoms with Crippen LogP contribution in [0.25, 0.3) is 11.3 Å². The Morgan fingerprint density at radius 1 is 0.950 bits per heavy atom. The van der Waals surface area contributed by atoms with Gasteiger partial charge in [-0.1, -0.05) is 12.6 Å². The largest absolute Gasteiger partial charge is 0.491 e. The molecular formula is C43H49FN10O6. The molecule has 0 atom stereocenters. The van der Waals surface area contributed by atoms with Crippen LogP contribution in [0.1, 0.15) is 45.2 Å². The summed E-state index contributed by atoms with van der Waals surface area (Å²) in [5.74, 6) is 1.17. The van der Waals surface area contributed by atoms with E-state index in [4.69, 9.17) is 19.2 Å². The van der Waals surface area contributed by atoms with Gasteiger partial charge in [-0.15, -0.1) is 0 Å². The van der Waals surface area contributed by atoms with Crippen LogP contribution in [-0.4, -0.2) is 88.0 Å². The predicted octanol–water partition coefficient (Wildman–Crippen LogP) is 6.73. The average Bonchev–Trinajstić information content (AvgIpc) is 3.25. The number of ether oxygens (including phenoxy) is 3. The average molecular weight is 821 g/mol. The maximum Gasteiger partial charge on any atom is 0.247 e. The molecule has 314 valence electrons. The molecular weight excluding hydrogens is 772 g/mol. The number of benzene rings is 2. The highest BCUT2D eigenvalue weighted by molar-refractivity contribution is 6.01. The van der Waals surface area contributed by atoms with E-state index in [9.17, 15) is 19.1 Å². The molecule has 0 radical (unpaired) electrons. The van der Waals surface area contributed by atoms with Crippen molar-refractivity contribution in [3.8, 4) is 17.0 Å². The number of hydrogen-bond donors (Lipinski definition) is 5. The van der Waals surface area contributed by atoms with E-state index < -0.39 is 11.4 Å². The molecule has 2 aromatic carbocycles. The zero-order valence-electron chi connectivity index (χ0n) is 33.9. The molecule has 0 unspecified atom stereocenters. The lowest BCUT2D eigenvalue weighted by Gasteiger charge is -2.38. The molecule has 1 saturated carbocycles. The Morgan fingerprint density at radius 2 is 1.72 bits per heavy atom. The number of amides is 2. The van der Waals surface area contributed by atoms with Crippen molar-refractivity contribution in [3.05, 3.63) is 103 Å². The first kappa shape index (κ1) is 43.0. The molecule has 60 heavy (non-hydrogen) atoms. The molecule has 5 aromatic rings. The highest BCUT2D eigenvalue weighted by Gasteiger charge is 2.35. The smallest absolute Gasteiger partial charge is 0.247 e. The summed E-state index contributed by atoms with van der Waals surface area (Å²) in [5.41, 5.74) is 2.80. The van der Waals surface area contributed by atoms with Gasteiger partial charge >= 0.3 is 0 Å². The number of methoxy groups -OCH3 is 2. The molecule has 2 amide bonds. The molecule has 1 fully saturated rings. The van der Waals surface area contributed by atoms with Crippen LogP contribution in [0.15, 0.2) is 91.9 Å². The van der Waals surface area contributed by atoms with Crippen molar-refractivity contribution < 1.29 is 33.3 Å². The van der Waals surface area contributed by atoms with E-state index in [1.165, 1.54) is 6.08 Å². The van der Waals surface area contributed by atoms with Gasteiger partial charge in [0, 0.05) is 49.1 Å². The molecule has 1 aliphatic heterocycles. The van der Waals surface area contributed by atoms with Crippen LogP contribution >= 0.6 is 0 Å². The van der Waals surface area contributed by atoms with Crippen molar-refractivity contribution in [1.29, 1.82) is 0 Å². The zero-order valence-corrected chi connectivity index (χ0v) is 33.9. The Morgan fingerprint density at radius 3 is 2.40 bits per heavy atom. The highest BCUT2D eigenvalue weighted by atomic mass is 19.1. The van der Waals surface area contributed by atoms with Gasteiger partial charge in [0.05, 0.1) is 43.0 Å². The van der Waals surface area contributed by atoms with E-state index in [-0.39, 0.29) is 42.3 Å². The van der Waals surface area contributed by atoms with Crippen molar-refractivity contribution >= 4 is 52.3 Å². The number of aliphatic hydroxyl groups is 1. The van der Waals surface area contributed by atoms with E-state index in [0.717, 1.165) is 37.4 Å². The van der Waals surface area contributed by atoms with Gasteiger partial charge in [-0.25, -0.2) is 19.3 Å². The quantitative estimate of drug-likeness (QED) is 0.0584. The van der Waals surface area contributed by atoms with E-state index >= 15 is 0 Å². The fourth-order valence-corrected chi connectivity index (χ4v) is 6.52. The Balaban J connectivity index is 0.000000202. The number of halogens is 1. The van der Waals surface area contributed by atoms with Crippen molar-refractivity contribution in [2.24, 2.45) is 0 Å². The van der Waals surface area contributed by atoms with Crippen molar-refractivity contribution in [2.45, 2.75) is 57.3 Å². The van der Waals surface area contributed by atoms with Gasteiger partial charge in [-0.3, -0.25) is 19.5 Å². The number of fused-ring (bicyclic) bond motifs is 1. The minimum absolute atomic E-state index is 0.00998. The molecule has 0 spiro atoms. The molecule has 7 rings (SSSR count). The van der Waals surface area contributed by atoms with Gasteiger partial charge < -0.3 is 40.6 Å². The molecule has 5 N–H and O–H groups in total. The Kier molecular flexibility index (Phi) is 14.3. The topological polar surface area (TPSA) is 198 Å². The van der Waals surface area contributed by atoms with Crippen molar-refractivity contribution in [1.82, 2.24) is 24.9 Å². The van der Waals surface area contributed by atoms with Crippen LogP contribution in [0.3, 0.4) is 0 Å². The summed E-state index contributed by atoms with van der Waals surface area (Å²) in [6, 6.07) is 17.7. The van der Waals surface area contributed by atoms with E-state index in [1.54, 1.807) is 95.1 Å². The van der Waals surface area contributed by atoms with Crippen LogP contribution in [0, 0.1) is 5.82 Å². The molecule has 0 bridgehead atoms.